The molecule has 2 aromatic carbocycles. The number of nitrogens with two attached hydrogens (primary N) is 2. The SMILES string of the molecule is CS(=O)(=O)c1cc(C(=O)NC(=N)N)ccc1Oc1ccc(C(=O)NC(=N)N)cc1.Cl.Cl. The molecule has 0 saturated carbocycles. The van der Waals surface area contributed by atoms with Gasteiger partial charge in [-0.1, -0.05) is 0 Å². The highest BCUT2D eigenvalue weighted by atomic mass is 35.5. The van der Waals surface area contributed by atoms with Gasteiger partial charge in [0, 0.05) is 17.4 Å². The fourth-order valence-electron chi connectivity index (χ4n) is 2.21. The van der Waals surface area contributed by atoms with Gasteiger partial charge in [-0.15, -0.1) is 24.8 Å². The van der Waals surface area contributed by atoms with E-state index >= 15 is 0 Å². The molecule has 0 fully saturated rings. The normalized spacial score (nSPS) is 9.97. The van der Waals surface area contributed by atoms with Crippen LogP contribution in [-0.2, 0) is 9.84 Å². The van der Waals surface area contributed by atoms with Crippen LogP contribution in [0.3, 0.4) is 0 Å². The summed E-state index contributed by atoms with van der Waals surface area (Å²) >= 11 is 0. The second-order valence-corrected chi connectivity index (χ2v) is 7.78. The third-order valence-electron chi connectivity index (χ3n) is 3.45. The summed E-state index contributed by atoms with van der Waals surface area (Å²) in [4.78, 5) is 23.5. The maximum atomic E-state index is 12.1. The number of hydrogen-bond donors (Lipinski definition) is 6. The Bertz CT molecular complexity index is 1110. The zero-order chi connectivity index (χ0) is 21.8. The highest BCUT2D eigenvalue weighted by molar-refractivity contribution is 7.90. The second kappa shape index (κ2) is 11.2. The molecule has 0 spiro atoms. The summed E-state index contributed by atoms with van der Waals surface area (Å²) in [5, 5.41) is 18.3. The van der Waals surface area contributed by atoms with Gasteiger partial charge in [-0.25, -0.2) is 8.42 Å². The minimum atomic E-state index is -3.76. The van der Waals surface area contributed by atoms with Crippen molar-refractivity contribution >= 4 is 58.4 Å². The number of ether oxygens (including phenoxy) is 1. The smallest absolute Gasteiger partial charge is 0.257 e. The van der Waals surface area contributed by atoms with Gasteiger partial charge < -0.3 is 16.2 Å². The summed E-state index contributed by atoms with van der Waals surface area (Å²) < 4.78 is 29.8. The van der Waals surface area contributed by atoms with E-state index in [9.17, 15) is 18.0 Å². The van der Waals surface area contributed by atoms with Crippen LogP contribution < -0.4 is 26.8 Å². The molecule has 0 unspecified atom stereocenters. The van der Waals surface area contributed by atoms with Crippen molar-refractivity contribution in [1.82, 2.24) is 10.6 Å². The Balaban J connectivity index is 0.00000450. The molecule has 0 heterocycles. The van der Waals surface area contributed by atoms with Crippen molar-refractivity contribution in [3.05, 3.63) is 53.6 Å². The third kappa shape index (κ3) is 7.77. The average molecular weight is 491 g/mol. The number of sulfone groups is 1. The summed E-state index contributed by atoms with van der Waals surface area (Å²) in [6.45, 7) is 0. The Morgan fingerprint density at radius 1 is 0.871 bits per heavy atom. The van der Waals surface area contributed by atoms with Crippen LogP contribution in [0.15, 0.2) is 47.4 Å². The first-order valence-electron chi connectivity index (χ1n) is 7.90. The van der Waals surface area contributed by atoms with E-state index in [4.69, 9.17) is 27.0 Å². The number of hydrogen-bond acceptors (Lipinski definition) is 7. The Labute approximate surface area is 190 Å². The molecule has 0 atom stereocenters. The predicted molar refractivity (Wildman–Crippen MR) is 119 cm³/mol. The highest BCUT2D eigenvalue weighted by Crippen LogP contribution is 2.30. The van der Waals surface area contributed by atoms with Crippen LogP contribution in [0.25, 0.3) is 0 Å². The van der Waals surface area contributed by atoms with E-state index in [1.807, 2.05) is 0 Å². The Hall–Kier alpha value is -3.35. The number of benzene rings is 2. The van der Waals surface area contributed by atoms with E-state index in [0.717, 1.165) is 12.3 Å². The largest absolute Gasteiger partial charge is 0.456 e. The third-order valence-corrected chi connectivity index (χ3v) is 4.56. The molecule has 11 nitrogen and oxygen atoms in total. The van der Waals surface area contributed by atoms with Gasteiger partial charge in [-0.3, -0.25) is 31.0 Å². The summed E-state index contributed by atoms with van der Waals surface area (Å²) in [7, 11) is -3.76. The molecular formula is C17H20Cl2N6O5S. The summed E-state index contributed by atoms with van der Waals surface area (Å²) in [5.41, 5.74) is 10.4. The van der Waals surface area contributed by atoms with Gasteiger partial charge in [0.25, 0.3) is 11.8 Å². The first-order chi connectivity index (χ1) is 13.5. The Morgan fingerprint density at radius 3 is 1.77 bits per heavy atom. The van der Waals surface area contributed by atoms with E-state index in [1.54, 1.807) is 0 Å². The summed E-state index contributed by atoms with van der Waals surface area (Å²) in [5.74, 6) is -2.20. The molecule has 8 N–H and O–H groups in total. The number of nitrogens with one attached hydrogen (secondary N) is 4. The van der Waals surface area contributed by atoms with E-state index in [1.165, 1.54) is 36.4 Å². The van der Waals surface area contributed by atoms with Gasteiger partial charge in [-0.2, -0.15) is 0 Å². The molecule has 0 radical (unpaired) electrons. The van der Waals surface area contributed by atoms with Crippen LogP contribution in [0, 0.1) is 10.8 Å². The van der Waals surface area contributed by atoms with Crippen molar-refractivity contribution < 1.29 is 22.7 Å². The Kier molecular flexibility index (Phi) is 9.95. The van der Waals surface area contributed by atoms with Crippen LogP contribution in [0.1, 0.15) is 20.7 Å². The van der Waals surface area contributed by atoms with Crippen molar-refractivity contribution in [2.24, 2.45) is 11.5 Å². The van der Waals surface area contributed by atoms with Gasteiger partial charge in [0.15, 0.2) is 21.8 Å². The fourth-order valence-corrected chi connectivity index (χ4v) is 3.03. The minimum absolute atomic E-state index is 0. The van der Waals surface area contributed by atoms with E-state index in [-0.39, 0.29) is 52.3 Å². The predicted octanol–water partition coefficient (Wildman–Crippen LogP) is 0.973. The standard InChI is InChI=1S/C17H18N6O5S.2ClH/c1-29(26,27)13-8-10(15(25)23-17(20)21)4-7-12(13)28-11-5-2-9(3-6-11)14(24)22-16(18)19;;/h2-8H,1H3,(H4,18,19,22,24)(H4,20,21,23,25);2*1H. The van der Waals surface area contributed by atoms with E-state index in [2.05, 4.69) is 10.6 Å². The van der Waals surface area contributed by atoms with Gasteiger partial charge >= 0.3 is 0 Å². The maximum absolute atomic E-state index is 12.1. The van der Waals surface area contributed by atoms with E-state index in [0.29, 0.717) is 0 Å². The Morgan fingerprint density at radius 2 is 1.32 bits per heavy atom. The molecule has 168 valence electrons. The highest BCUT2D eigenvalue weighted by Gasteiger charge is 2.19. The van der Waals surface area contributed by atoms with Crippen molar-refractivity contribution in [2.45, 2.75) is 4.90 Å². The van der Waals surface area contributed by atoms with Crippen LogP contribution in [0.2, 0.25) is 0 Å². The molecule has 0 bridgehead atoms. The molecule has 14 heteroatoms. The van der Waals surface area contributed by atoms with E-state index < -0.39 is 33.6 Å². The van der Waals surface area contributed by atoms with Crippen LogP contribution in [0.4, 0.5) is 0 Å². The monoisotopic (exact) mass is 490 g/mol. The van der Waals surface area contributed by atoms with Gasteiger partial charge in [-0.05, 0) is 42.5 Å². The zero-order valence-electron chi connectivity index (χ0n) is 16.0. The second-order valence-electron chi connectivity index (χ2n) is 5.80. The molecule has 0 saturated heterocycles. The topological polar surface area (TPSA) is 201 Å². The minimum Gasteiger partial charge on any atom is -0.456 e. The van der Waals surface area contributed by atoms with Crippen LogP contribution in [0.5, 0.6) is 11.5 Å². The lowest BCUT2D eigenvalue weighted by molar-refractivity contribution is 0.0967. The number of guanidine groups is 2. The number of rotatable bonds is 5. The van der Waals surface area contributed by atoms with Crippen LogP contribution in [-0.4, -0.2) is 38.4 Å². The maximum Gasteiger partial charge on any atom is 0.257 e. The average Bonchev–Trinajstić information content (AvgIpc) is 2.60. The first kappa shape index (κ1) is 27.6. The molecular weight excluding hydrogens is 471 g/mol. The summed E-state index contributed by atoms with van der Waals surface area (Å²) in [6.07, 6.45) is 0.955. The first-order valence-corrected chi connectivity index (χ1v) is 9.79. The molecule has 2 aromatic rings. The fraction of sp³-hybridized carbons (Fsp3) is 0.0588. The van der Waals surface area contributed by atoms with Crippen molar-refractivity contribution in [3.8, 4) is 11.5 Å². The van der Waals surface area contributed by atoms with Crippen LogP contribution >= 0.6 is 24.8 Å². The van der Waals surface area contributed by atoms with Gasteiger partial charge in [0.2, 0.25) is 0 Å². The molecule has 31 heavy (non-hydrogen) atoms. The molecule has 0 aliphatic carbocycles. The number of amides is 2. The molecule has 0 aromatic heterocycles. The quantitative estimate of drug-likeness (QED) is 0.264. The summed E-state index contributed by atoms with van der Waals surface area (Å²) in [6, 6.07) is 9.39. The van der Waals surface area contributed by atoms with Crippen molar-refractivity contribution in [3.63, 3.8) is 0 Å². The van der Waals surface area contributed by atoms with Crippen molar-refractivity contribution in [2.75, 3.05) is 6.26 Å². The lowest BCUT2D eigenvalue weighted by Gasteiger charge is -2.12. The number of carbonyl (C=O) groups excluding carboxylic acids is 2. The number of halogens is 2. The molecule has 2 amide bonds. The lowest BCUT2D eigenvalue weighted by atomic mass is 10.2. The zero-order valence-corrected chi connectivity index (χ0v) is 18.4. The lowest BCUT2D eigenvalue weighted by Crippen LogP contribution is -2.35. The van der Waals surface area contributed by atoms with Gasteiger partial charge in [0.1, 0.15) is 16.4 Å². The van der Waals surface area contributed by atoms with Crippen molar-refractivity contribution in [1.29, 1.82) is 10.8 Å². The number of carbonyl (C=O) groups is 2. The molecule has 0 aliphatic rings. The molecule has 0 aliphatic heterocycles. The molecule has 2 rings (SSSR count). The van der Waals surface area contributed by atoms with Gasteiger partial charge in [0.05, 0.1) is 0 Å².